The molecule has 1 saturated heterocycles. The highest BCUT2D eigenvalue weighted by Gasteiger charge is 2.26. The first-order valence-electron chi connectivity index (χ1n) is 8.38. The molecule has 0 radical (unpaired) electrons. The van der Waals surface area contributed by atoms with Crippen molar-refractivity contribution in [1.29, 1.82) is 0 Å². The van der Waals surface area contributed by atoms with E-state index < -0.39 is 16.0 Å². The molecule has 0 unspecified atom stereocenters. The van der Waals surface area contributed by atoms with Gasteiger partial charge >= 0.3 is 5.97 Å². The number of aryl methyl sites for hydroxylation is 1. The zero-order valence-electron chi connectivity index (χ0n) is 14.6. The third kappa shape index (κ3) is 4.12. The van der Waals surface area contributed by atoms with Gasteiger partial charge in [0.25, 0.3) is 0 Å². The first-order valence-corrected chi connectivity index (χ1v) is 9.82. The summed E-state index contributed by atoms with van der Waals surface area (Å²) in [5, 5.41) is 0. The molecule has 1 fully saturated rings. The maximum absolute atomic E-state index is 12.7. The maximum atomic E-state index is 12.7. The zero-order valence-corrected chi connectivity index (χ0v) is 15.4. The fraction of sp³-hybridized carbons (Fsp3) is 0.316. The van der Waals surface area contributed by atoms with E-state index in [0.29, 0.717) is 37.4 Å². The van der Waals surface area contributed by atoms with Crippen LogP contribution in [0.4, 0.5) is 0 Å². The van der Waals surface area contributed by atoms with Crippen LogP contribution in [0.3, 0.4) is 0 Å². The van der Waals surface area contributed by atoms with Gasteiger partial charge in [0.05, 0.1) is 23.7 Å². The predicted octanol–water partition coefficient (Wildman–Crippen LogP) is 2.37. The van der Waals surface area contributed by atoms with Crippen molar-refractivity contribution in [2.45, 2.75) is 18.4 Å². The Balaban J connectivity index is 1.71. The van der Waals surface area contributed by atoms with E-state index in [4.69, 9.17) is 9.47 Å². The van der Waals surface area contributed by atoms with Crippen LogP contribution < -0.4 is 0 Å². The van der Waals surface area contributed by atoms with Crippen molar-refractivity contribution in [3.8, 4) is 0 Å². The second kappa shape index (κ2) is 7.99. The van der Waals surface area contributed by atoms with Crippen molar-refractivity contribution in [3.05, 3.63) is 65.2 Å². The van der Waals surface area contributed by atoms with E-state index in [1.54, 1.807) is 36.4 Å². The molecule has 138 valence electrons. The SMILES string of the molecule is Cc1ccccc1C(=O)OCc1cccc(S(=O)(=O)N2CCOCC2)c1. The normalized spacial score (nSPS) is 15.6. The summed E-state index contributed by atoms with van der Waals surface area (Å²) in [6.45, 7) is 3.33. The number of esters is 1. The maximum Gasteiger partial charge on any atom is 0.338 e. The molecule has 0 bridgehead atoms. The monoisotopic (exact) mass is 375 g/mol. The fourth-order valence-corrected chi connectivity index (χ4v) is 4.24. The van der Waals surface area contributed by atoms with Crippen molar-refractivity contribution in [3.63, 3.8) is 0 Å². The molecule has 1 aliphatic rings. The Bertz CT molecular complexity index is 888. The lowest BCUT2D eigenvalue weighted by Gasteiger charge is -2.26. The summed E-state index contributed by atoms with van der Waals surface area (Å²) in [5.74, 6) is -0.426. The summed E-state index contributed by atoms with van der Waals surface area (Å²) in [4.78, 5) is 12.4. The Hall–Kier alpha value is -2.22. The second-order valence-electron chi connectivity index (χ2n) is 6.05. The largest absolute Gasteiger partial charge is 0.457 e. The van der Waals surface area contributed by atoms with E-state index in [0.717, 1.165) is 5.56 Å². The number of morpholine rings is 1. The molecule has 7 heteroatoms. The van der Waals surface area contributed by atoms with E-state index in [9.17, 15) is 13.2 Å². The van der Waals surface area contributed by atoms with Gasteiger partial charge in [-0.15, -0.1) is 0 Å². The molecule has 0 aliphatic carbocycles. The van der Waals surface area contributed by atoms with Gasteiger partial charge in [0, 0.05) is 13.1 Å². The molecule has 0 aromatic heterocycles. The molecule has 0 spiro atoms. The van der Waals surface area contributed by atoms with Gasteiger partial charge < -0.3 is 9.47 Å². The minimum Gasteiger partial charge on any atom is -0.457 e. The lowest BCUT2D eigenvalue weighted by atomic mass is 10.1. The quantitative estimate of drug-likeness (QED) is 0.750. The number of benzene rings is 2. The Labute approximate surface area is 153 Å². The van der Waals surface area contributed by atoms with Crippen molar-refractivity contribution in [2.75, 3.05) is 26.3 Å². The highest BCUT2D eigenvalue weighted by molar-refractivity contribution is 7.89. The van der Waals surface area contributed by atoms with Gasteiger partial charge in [0.1, 0.15) is 6.61 Å². The van der Waals surface area contributed by atoms with Crippen LogP contribution in [0.2, 0.25) is 0 Å². The van der Waals surface area contributed by atoms with Crippen LogP contribution in [0.25, 0.3) is 0 Å². The Kier molecular flexibility index (Phi) is 5.70. The van der Waals surface area contributed by atoms with Gasteiger partial charge in [0.2, 0.25) is 10.0 Å². The van der Waals surface area contributed by atoms with Crippen LogP contribution >= 0.6 is 0 Å². The number of carbonyl (C=O) groups is 1. The van der Waals surface area contributed by atoms with Crippen LogP contribution in [0.1, 0.15) is 21.5 Å². The Morgan fingerprint density at radius 3 is 2.58 bits per heavy atom. The molecule has 0 N–H and O–H groups in total. The van der Waals surface area contributed by atoms with Gasteiger partial charge in [0.15, 0.2) is 0 Å². The van der Waals surface area contributed by atoms with E-state index in [1.165, 1.54) is 4.31 Å². The molecule has 1 aliphatic heterocycles. The number of sulfonamides is 1. The summed E-state index contributed by atoms with van der Waals surface area (Å²) in [6.07, 6.45) is 0. The third-order valence-electron chi connectivity index (χ3n) is 4.24. The van der Waals surface area contributed by atoms with Crippen LogP contribution in [-0.4, -0.2) is 45.0 Å². The smallest absolute Gasteiger partial charge is 0.338 e. The minimum atomic E-state index is -3.57. The number of hydrogen-bond acceptors (Lipinski definition) is 5. The van der Waals surface area contributed by atoms with Gasteiger partial charge in [-0.3, -0.25) is 0 Å². The third-order valence-corrected chi connectivity index (χ3v) is 6.14. The van der Waals surface area contributed by atoms with Crippen molar-refractivity contribution >= 4 is 16.0 Å². The number of ether oxygens (including phenoxy) is 2. The van der Waals surface area contributed by atoms with Crippen LogP contribution in [0, 0.1) is 6.92 Å². The number of nitrogens with zero attached hydrogens (tertiary/aromatic N) is 1. The minimum absolute atomic E-state index is 0.0135. The lowest BCUT2D eigenvalue weighted by Crippen LogP contribution is -2.40. The summed E-state index contributed by atoms with van der Waals surface area (Å²) in [5.41, 5.74) is 1.96. The molecular weight excluding hydrogens is 354 g/mol. The molecule has 2 aromatic rings. The van der Waals surface area contributed by atoms with E-state index in [1.807, 2.05) is 19.1 Å². The molecular formula is C19H21NO5S. The van der Waals surface area contributed by atoms with Gasteiger partial charge in [-0.05, 0) is 36.2 Å². The summed E-state index contributed by atoms with van der Waals surface area (Å²) >= 11 is 0. The van der Waals surface area contributed by atoms with Gasteiger partial charge in [-0.25, -0.2) is 13.2 Å². The first kappa shape index (κ1) is 18.6. The lowest BCUT2D eigenvalue weighted by molar-refractivity contribution is 0.0471. The molecule has 2 aromatic carbocycles. The average molecular weight is 375 g/mol. The van der Waals surface area contributed by atoms with Crippen LogP contribution in [-0.2, 0) is 26.1 Å². The summed E-state index contributed by atoms with van der Waals surface area (Å²) in [7, 11) is -3.57. The highest BCUT2D eigenvalue weighted by atomic mass is 32.2. The summed E-state index contributed by atoms with van der Waals surface area (Å²) in [6, 6.07) is 13.7. The van der Waals surface area contributed by atoms with E-state index >= 15 is 0 Å². The molecule has 0 amide bonds. The average Bonchev–Trinajstić information content (AvgIpc) is 2.67. The Morgan fingerprint density at radius 1 is 1.12 bits per heavy atom. The number of rotatable bonds is 5. The molecule has 6 nitrogen and oxygen atoms in total. The zero-order chi connectivity index (χ0) is 18.6. The summed E-state index contributed by atoms with van der Waals surface area (Å²) < 4.78 is 37.4. The first-order chi connectivity index (χ1) is 12.5. The van der Waals surface area contributed by atoms with Crippen molar-refractivity contribution < 1.29 is 22.7 Å². The molecule has 1 heterocycles. The fourth-order valence-electron chi connectivity index (χ4n) is 2.76. The highest BCUT2D eigenvalue weighted by Crippen LogP contribution is 2.19. The predicted molar refractivity (Wildman–Crippen MR) is 96.3 cm³/mol. The van der Waals surface area contributed by atoms with Crippen molar-refractivity contribution in [1.82, 2.24) is 4.31 Å². The molecule has 26 heavy (non-hydrogen) atoms. The second-order valence-corrected chi connectivity index (χ2v) is 7.99. The van der Waals surface area contributed by atoms with Crippen LogP contribution in [0.5, 0.6) is 0 Å². The molecule has 0 atom stereocenters. The van der Waals surface area contributed by atoms with Gasteiger partial charge in [-0.2, -0.15) is 4.31 Å². The number of hydrogen-bond donors (Lipinski definition) is 0. The molecule has 0 saturated carbocycles. The van der Waals surface area contributed by atoms with Gasteiger partial charge in [-0.1, -0.05) is 30.3 Å². The Morgan fingerprint density at radius 2 is 1.85 bits per heavy atom. The number of carbonyl (C=O) groups excluding carboxylic acids is 1. The van der Waals surface area contributed by atoms with E-state index in [2.05, 4.69) is 0 Å². The topological polar surface area (TPSA) is 72.9 Å². The molecule has 3 rings (SSSR count). The van der Waals surface area contributed by atoms with Crippen LogP contribution in [0.15, 0.2) is 53.4 Å². The van der Waals surface area contributed by atoms with Crippen molar-refractivity contribution in [2.24, 2.45) is 0 Å². The standard InChI is InChI=1S/C19H21NO5S/c1-15-5-2-3-8-18(15)19(21)25-14-16-6-4-7-17(13-16)26(22,23)20-9-11-24-12-10-20/h2-8,13H,9-12,14H2,1H3. The van der Waals surface area contributed by atoms with E-state index in [-0.39, 0.29) is 11.5 Å².